The molecule has 3 heterocycles. The zero-order valence-corrected chi connectivity index (χ0v) is 19.2. The molecule has 4 rings (SSSR count). The van der Waals surface area contributed by atoms with Gasteiger partial charge in [0.25, 0.3) is 5.91 Å². The molecule has 6 heteroatoms. The summed E-state index contributed by atoms with van der Waals surface area (Å²) in [5.41, 5.74) is 1.62. The average molecular weight is 433 g/mol. The first-order chi connectivity index (χ1) is 15.4. The van der Waals surface area contributed by atoms with Crippen LogP contribution in [0.15, 0.2) is 59.3 Å². The van der Waals surface area contributed by atoms with Crippen molar-refractivity contribution in [3.63, 3.8) is 0 Å². The Balaban J connectivity index is 1.54. The Morgan fingerprint density at radius 2 is 2.00 bits per heavy atom. The molecule has 1 aliphatic rings. The van der Waals surface area contributed by atoms with Gasteiger partial charge in [0.05, 0.1) is 12.8 Å². The van der Waals surface area contributed by atoms with E-state index in [1.54, 1.807) is 12.5 Å². The van der Waals surface area contributed by atoms with Gasteiger partial charge in [-0.25, -0.2) is 9.97 Å². The Morgan fingerprint density at radius 1 is 1.19 bits per heavy atom. The minimum atomic E-state index is -0.214. The second-order valence-corrected chi connectivity index (χ2v) is 9.46. The number of benzene rings is 1. The minimum Gasteiger partial charge on any atom is -0.467 e. The first-order valence-corrected chi connectivity index (χ1v) is 11.4. The summed E-state index contributed by atoms with van der Waals surface area (Å²) in [6.07, 6.45) is 7.33. The molecule has 2 aromatic heterocycles. The van der Waals surface area contributed by atoms with Crippen molar-refractivity contribution in [1.82, 2.24) is 14.9 Å². The number of anilines is 1. The largest absolute Gasteiger partial charge is 0.467 e. The number of nitrogens with one attached hydrogen (secondary N) is 1. The van der Waals surface area contributed by atoms with Gasteiger partial charge in [-0.3, -0.25) is 4.79 Å². The lowest BCUT2D eigenvalue weighted by molar-refractivity contribution is 0.0730. The van der Waals surface area contributed by atoms with Crippen molar-refractivity contribution in [3.05, 3.63) is 77.6 Å². The van der Waals surface area contributed by atoms with Gasteiger partial charge in [-0.15, -0.1) is 0 Å². The summed E-state index contributed by atoms with van der Waals surface area (Å²) in [4.78, 5) is 24.9. The summed E-state index contributed by atoms with van der Waals surface area (Å²) >= 11 is 0. The topological polar surface area (TPSA) is 71.3 Å². The van der Waals surface area contributed by atoms with Crippen LogP contribution in [0.3, 0.4) is 0 Å². The molecule has 0 bridgehead atoms. The lowest BCUT2D eigenvalue weighted by Crippen LogP contribution is -2.36. The number of carbonyl (C=O) groups is 1. The van der Waals surface area contributed by atoms with Crippen LogP contribution in [0.4, 0.5) is 5.82 Å². The fourth-order valence-electron chi connectivity index (χ4n) is 4.15. The predicted molar refractivity (Wildman–Crippen MR) is 126 cm³/mol. The van der Waals surface area contributed by atoms with Crippen LogP contribution in [0.1, 0.15) is 67.5 Å². The zero-order chi connectivity index (χ0) is 22.6. The van der Waals surface area contributed by atoms with E-state index in [0.717, 1.165) is 38.0 Å². The smallest absolute Gasteiger partial charge is 0.259 e. The van der Waals surface area contributed by atoms with E-state index >= 15 is 0 Å². The van der Waals surface area contributed by atoms with E-state index in [1.807, 2.05) is 23.1 Å². The molecule has 1 amide bonds. The highest BCUT2D eigenvalue weighted by Gasteiger charge is 2.31. The zero-order valence-electron chi connectivity index (χ0n) is 19.2. The molecule has 0 radical (unpaired) electrons. The molecule has 1 N–H and O–H groups in total. The van der Waals surface area contributed by atoms with Crippen molar-refractivity contribution in [2.75, 3.05) is 11.9 Å². The van der Waals surface area contributed by atoms with Gasteiger partial charge >= 0.3 is 0 Å². The third kappa shape index (κ3) is 5.18. The molecule has 1 atom stereocenters. The Morgan fingerprint density at radius 3 is 2.72 bits per heavy atom. The van der Waals surface area contributed by atoms with Crippen molar-refractivity contribution in [1.29, 1.82) is 0 Å². The van der Waals surface area contributed by atoms with E-state index in [0.29, 0.717) is 23.8 Å². The summed E-state index contributed by atoms with van der Waals surface area (Å²) in [5, 5.41) is 3.31. The summed E-state index contributed by atoms with van der Waals surface area (Å²) in [7, 11) is 0. The van der Waals surface area contributed by atoms with Crippen molar-refractivity contribution < 1.29 is 9.21 Å². The summed E-state index contributed by atoms with van der Waals surface area (Å²) in [6, 6.07) is 14.5. The van der Waals surface area contributed by atoms with Crippen molar-refractivity contribution >= 4 is 11.7 Å². The quantitative estimate of drug-likeness (QED) is 0.554. The van der Waals surface area contributed by atoms with Gasteiger partial charge in [0, 0.05) is 24.2 Å². The van der Waals surface area contributed by atoms with Gasteiger partial charge in [0.2, 0.25) is 0 Å². The lowest BCUT2D eigenvalue weighted by Gasteiger charge is -2.26. The number of hydrogen-bond donors (Lipinski definition) is 1. The number of aromatic nitrogens is 2. The highest BCUT2D eigenvalue weighted by atomic mass is 16.3. The Bertz CT molecular complexity index is 1030. The van der Waals surface area contributed by atoms with Crippen molar-refractivity contribution in [2.45, 2.75) is 64.5 Å². The van der Waals surface area contributed by atoms with E-state index in [1.165, 1.54) is 5.56 Å². The summed E-state index contributed by atoms with van der Waals surface area (Å²) < 4.78 is 5.44. The second-order valence-electron chi connectivity index (χ2n) is 9.46. The Labute approximate surface area is 190 Å². The maximum atomic E-state index is 13.6. The summed E-state index contributed by atoms with van der Waals surface area (Å²) in [5.74, 6) is 2.07. The highest BCUT2D eigenvalue weighted by molar-refractivity contribution is 5.98. The maximum Gasteiger partial charge on any atom is 0.259 e. The number of hydrogen-bond acceptors (Lipinski definition) is 5. The lowest BCUT2D eigenvalue weighted by atomic mass is 9.95. The number of carbonyl (C=O) groups excluding carboxylic acids is 1. The van der Waals surface area contributed by atoms with Gasteiger partial charge in [0.1, 0.15) is 23.0 Å². The van der Waals surface area contributed by atoms with Gasteiger partial charge in [-0.2, -0.15) is 0 Å². The molecule has 1 aliphatic heterocycles. The SMILES string of the molecule is CC(C)(C)c1ncc(C(=O)N2CCCC2CCc2ccccc2)c(NCc2ccco2)n1. The first kappa shape index (κ1) is 22.1. The fourth-order valence-corrected chi connectivity index (χ4v) is 4.15. The van der Waals surface area contributed by atoms with Gasteiger partial charge in [0.15, 0.2) is 0 Å². The van der Waals surface area contributed by atoms with Crippen LogP contribution in [0.2, 0.25) is 0 Å². The summed E-state index contributed by atoms with van der Waals surface area (Å²) in [6.45, 7) is 7.45. The van der Waals surface area contributed by atoms with Gasteiger partial charge in [-0.1, -0.05) is 51.1 Å². The van der Waals surface area contributed by atoms with E-state index in [9.17, 15) is 4.79 Å². The molecule has 0 saturated carbocycles. The van der Waals surface area contributed by atoms with E-state index < -0.39 is 0 Å². The number of likely N-dealkylation sites (tertiary alicyclic amines) is 1. The van der Waals surface area contributed by atoms with Crippen LogP contribution in [-0.4, -0.2) is 33.4 Å². The first-order valence-electron chi connectivity index (χ1n) is 11.4. The Hall–Kier alpha value is -3.15. The number of aryl methyl sites for hydroxylation is 1. The fraction of sp³-hybridized carbons (Fsp3) is 0.423. The molecule has 0 spiro atoms. The van der Waals surface area contributed by atoms with Gasteiger partial charge in [-0.05, 0) is 43.4 Å². The molecule has 6 nitrogen and oxygen atoms in total. The molecule has 32 heavy (non-hydrogen) atoms. The maximum absolute atomic E-state index is 13.6. The molecule has 168 valence electrons. The van der Waals surface area contributed by atoms with E-state index in [-0.39, 0.29) is 17.4 Å². The third-order valence-electron chi connectivity index (χ3n) is 5.95. The van der Waals surface area contributed by atoms with Crippen LogP contribution < -0.4 is 5.32 Å². The Kier molecular flexibility index (Phi) is 6.58. The molecule has 1 unspecified atom stereocenters. The highest BCUT2D eigenvalue weighted by Crippen LogP contribution is 2.27. The number of nitrogens with zero attached hydrogens (tertiary/aromatic N) is 3. The normalized spacial score (nSPS) is 16.3. The van der Waals surface area contributed by atoms with Crippen molar-refractivity contribution in [3.8, 4) is 0 Å². The monoisotopic (exact) mass is 432 g/mol. The van der Waals surface area contributed by atoms with Crippen LogP contribution in [0.25, 0.3) is 0 Å². The standard InChI is InChI=1S/C26H32N4O2/c1-26(2,3)25-28-18-22(23(29-25)27-17-21-12-8-16-32-21)24(31)30-15-7-11-20(30)14-13-19-9-5-4-6-10-19/h4-6,8-10,12,16,18,20H,7,11,13-15,17H2,1-3H3,(H,27,28,29). The van der Waals surface area contributed by atoms with Crippen LogP contribution in [0, 0.1) is 0 Å². The van der Waals surface area contributed by atoms with Gasteiger partial charge < -0.3 is 14.6 Å². The molecule has 1 saturated heterocycles. The van der Waals surface area contributed by atoms with Crippen LogP contribution in [-0.2, 0) is 18.4 Å². The predicted octanol–water partition coefficient (Wildman–Crippen LogP) is 5.22. The van der Waals surface area contributed by atoms with Crippen LogP contribution in [0.5, 0.6) is 0 Å². The average Bonchev–Trinajstić information content (AvgIpc) is 3.48. The number of rotatable bonds is 7. The van der Waals surface area contributed by atoms with Crippen molar-refractivity contribution in [2.24, 2.45) is 0 Å². The van der Waals surface area contributed by atoms with Crippen LogP contribution >= 0.6 is 0 Å². The molecular weight excluding hydrogens is 400 g/mol. The number of furan rings is 1. The van der Waals surface area contributed by atoms with E-state index in [4.69, 9.17) is 9.40 Å². The molecule has 1 aromatic carbocycles. The molecule has 0 aliphatic carbocycles. The third-order valence-corrected chi connectivity index (χ3v) is 5.95. The second kappa shape index (κ2) is 9.55. The molecular formula is C26H32N4O2. The minimum absolute atomic E-state index is 0.00275. The molecule has 1 fully saturated rings. The number of amides is 1. The molecule has 3 aromatic rings. The van der Waals surface area contributed by atoms with E-state index in [2.05, 4.69) is 55.3 Å².